The highest BCUT2D eigenvalue weighted by Crippen LogP contribution is 1.99. The van der Waals surface area contributed by atoms with E-state index < -0.39 is 5.43 Å². The summed E-state index contributed by atoms with van der Waals surface area (Å²) in [4.78, 5) is 14.0. The van der Waals surface area contributed by atoms with Gasteiger partial charge in [-0.15, -0.1) is 12.4 Å². The first kappa shape index (κ1) is 11.2. The minimum absolute atomic E-state index is 0. The quantitative estimate of drug-likeness (QED) is 0.700. The Kier molecular flexibility index (Phi) is 5.41. The second-order valence-electron chi connectivity index (χ2n) is 1.89. The van der Waals surface area contributed by atoms with Crippen molar-refractivity contribution in [2.24, 2.45) is 0 Å². The van der Waals surface area contributed by atoms with Gasteiger partial charge in [-0.05, 0) is 6.07 Å². The number of carbonyl (C=O) groups is 1. The predicted octanol–water partition coefficient (Wildman–Crippen LogP) is 2.38. The van der Waals surface area contributed by atoms with Crippen LogP contribution in [0.15, 0.2) is 24.5 Å². The SMILES string of the molecule is Cl.O=C(Cl)OCc1cccnc1. The molecule has 0 atom stereocenters. The molecule has 1 rings (SSSR count). The third kappa shape index (κ3) is 4.16. The normalized spacial score (nSPS) is 8.42. The lowest BCUT2D eigenvalue weighted by molar-refractivity contribution is 0.167. The van der Waals surface area contributed by atoms with Gasteiger partial charge in [0.15, 0.2) is 0 Å². The zero-order valence-corrected chi connectivity index (χ0v) is 7.64. The van der Waals surface area contributed by atoms with Gasteiger partial charge in [-0.25, -0.2) is 4.79 Å². The van der Waals surface area contributed by atoms with Crippen molar-refractivity contribution < 1.29 is 9.53 Å². The molecule has 0 radical (unpaired) electrons. The molecule has 0 aliphatic carbocycles. The van der Waals surface area contributed by atoms with Crippen molar-refractivity contribution in [3.63, 3.8) is 0 Å². The number of halogens is 2. The van der Waals surface area contributed by atoms with Crippen molar-refractivity contribution in [3.05, 3.63) is 30.1 Å². The lowest BCUT2D eigenvalue weighted by Crippen LogP contribution is -1.94. The fraction of sp³-hybridized carbons (Fsp3) is 0.143. The molecule has 1 aromatic heterocycles. The van der Waals surface area contributed by atoms with Crippen molar-refractivity contribution in [2.45, 2.75) is 6.61 Å². The van der Waals surface area contributed by atoms with Gasteiger partial charge in [0.05, 0.1) is 0 Å². The molecule has 0 aliphatic heterocycles. The highest BCUT2D eigenvalue weighted by atomic mass is 35.5. The molecule has 3 nitrogen and oxygen atoms in total. The number of carbonyl (C=O) groups excluding carboxylic acids is 1. The number of hydrogen-bond donors (Lipinski definition) is 0. The molecule has 0 saturated heterocycles. The topological polar surface area (TPSA) is 39.2 Å². The molecule has 0 aliphatic rings. The van der Waals surface area contributed by atoms with Crippen molar-refractivity contribution >= 4 is 29.4 Å². The first-order valence-electron chi connectivity index (χ1n) is 3.00. The second-order valence-corrected chi connectivity index (χ2v) is 2.20. The molecule has 1 aromatic rings. The van der Waals surface area contributed by atoms with Gasteiger partial charge in [-0.2, -0.15) is 0 Å². The van der Waals surface area contributed by atoms with Crippen LogP contribution in [0.1, 0.15) is 5.56 Å². The predicted molar refractivity (Wildman–Crippen MR) is 47.5 cm³/mol. The van der Waals surface area contributed by atoms with Crippen LogP contribution in [0.2, 0.25) is 0 Å². The zero-order valence-electron chi connectivity index (χ0n) is 6.07. The minimum Gasteiger partial charge on any atom is -0.449 e. The summed E-state index contributed by atoms with van der Waals surface area (Å²) in [6.45, 7) is 0.177. The van der Waals surface area contributed by atoms with Crippen LogP contribution in [0.5, 0.6) is 0 Å². The molecule has 1 heterocycles. The Balaban J connectivity index is 0.00000121. The summed E-state index contributed by atoms with van der Waals surface area (Å²) in [5, 5.41) is 0. The standard InChI is InChI=1S/C7H6ClNO2.ClH/c8-7(10)11-5-6-2-1-3-9-4-6;/h1-4H,5H2;1H. The molecule has 66 valence electrons. The van der Waals surface area contributed by atoms with E-state index in [0.717, 1.165) is 5.56 Å². The summed E-state index contributed by atoms with van der Waals surface area (Å²) in [6, 6.07) is 3.56. The third-order valence-corrected chi connectivity index (χ3v) is 1.18. The van der Waals surface area contributed by atoms with E-state index in [-0.39, 0.29) is 19.0 Å². The minimum atomic E-state index is -0.797. The molecule has 0 amide bonds. The number of rotatable bonds is 2. The summed E-state index contributed by atoms with van der Waals surface area (Å²) < 4.78 is 4.51. The van der Waals surface area contributed by atoms with Crippen LogP contribution in [0.3, 0.4) is 0 Å². The Labute approximate surface area is 81.1 Å². The molecule has 0 saturated carbocycles. The highest BCUT2D eigenvalue weighted by Gasteiger charge is 1.95. The van der Waals surface area contributed by atoms with E-state index in [1.54, 1.807) is 24.5 Å². The number of nitrogens with zero attached hydrogens (tertiary/aromatic N) is 1. The van der Waals surface area contributed by atoms with Crippen molar-refractivity contribution in [1.29, 1.82) is 0 Å². The van der Waals surface area contributed by atoms with Gasteiger partial charge in [0.2, 0.25) is 0 Å². The Bertz CT molecular complexity index is 240. The highest BCUT2D eigenvalue weighted by molar-refractivity contribution is 6.61. The van der Waals surface area contributed by atoms with Crippen molar-refractivity contribution in [1.82, 2.24) is 4.98 Å². The van der Waals surface area contributed by atoms with Crippen LogP contribution in [-0.4, -0.2) is 10.4 Å². The van der Waals surface area contributed by atoms with Gasteiger partial charge in [-0.1, -0.05) is 6.07 Å². The van der Waals surface area contributed by atoms with E-state index in [9.17, 15) is 4.79 Å². The number of ether oxygens (including phenoxy) is 1. The van der Waals surface area contributed by atoms with Crippen LogP contribution in [0.25, 0.3) is 0 Å². The van der Waals surface area contributed by atoms with E-state index in [1.807, 2.05) is 0 Å². The number of hydrogen-bond acceptors (Lipinski definition) is 3. The molecular weight excluding hydrogens is 201 g/mol. The summed E-state index contributed by atoms with van der Waals surface area (Å²) in [7, 11) is 0. The molecule has 0 bridgehead atoms. The Morgan fingerprint density at radius 2 is 2.42 bits per heavy atom. The van der Waals surface area contributed by atoms with E-state index in [0.29, 0.717) is 0 Å². The Hall–Kier alpha value is -0.800. The van der Waals surface area contributed by atoms with Crippen LogP contribution < -0.4 is 0 Å². The van der Waals surface area contributed by atoms with Crippen molar-refractivity contribution in [3.8, 4) is 0 Å². The average molecular weight is 208 g/mol. The molecular formula is C7H7Cl2NO2. The zero-order chi connectivity index (χ0) is 8.10. The Morgan fingerprint density at radius 3 is 2.92 bits per heavy atom. The van der Waals surface area contributed by atoms with Gasteiger partial charge in [-0.3, -0.25) is 4.98 Å². The lowest BCUT2D eigenvalue weighted by Gasteiger charge is -1.97. The number of pyridine rings is 1. The van der Waals surface area contributed by atoms with E-state index >= 15 is 0 Å². The maximum absolute atomic E-state index is 10.1. The summed E-state index contributed by atoms with van der Waals surface area (Å²) in [5.41, 5.74) is 0.0235. The molecule has 0 spiro atoms. The fourth-order valence-corrected chi connectivity index (χ4v) is 0.678. The monoisotopic (exact) mass is 207 g/mol. The first-order chi connectivity index (χ1) is 5.29. The summed E-state index contributed by atoms with van der Waals surface area (Å²) in [6.07, 6.45) is 3.26. The van der Waals surface area contributed by atoms with Gasteiger partial charge in [0, 0.05) is 29.6 Å². The first-order valence-corrected chi connectivity index (χ1v) is 3.38. The maximum Gasteiger partial charge on any atom is 0.404 e. The molecule has 12 heavy (non-hydrogen) atoms. The second kappa shape index (κ2) is 5.80. The van der Waals surface area contributed by atoms with Crippen LogP contribution in [-0.2, 0) is 11.3 Å². The van der Waals surface area contributed by atoms with Gasteiger partial charge in [0.1, 0.15) is 6.61 Å². The number of aromatic nitrogens is 1. The summed E-state index contributed by atoms with van der Waals surface area (Å²) >= 11 is 4.95. The van der Waals surface area contributed by atoms with Crippen LogP contribution >= 0.6 is 24.0 Å². The van der Waals surface area contributed by atoms with Gasteiger partial charge < -0.3 is 4.74 Å². The smallest absolute Gasteiger partial charge is 0.404 e. The van der Waals surface area contributed by atoms with Crippen molar-refractivity contribution in [2.75, 3.05) is 0 Å². The third-order valence-electron chi connectivity index (χ3n) is 1.08. The molecule has 0 fully saturated rings. The fourth-order valence-electron chi connectivity index (χ4n) is 0.624. The molecule has 0 unspecified atom stereocenters. The lowest BCUT2D eigenvalue weighted by atomic mass is 10.3. The van der Waals surface area contributed by atoms with Crippen LogP contribution in [0, 0.1) is 0 Å². The van der Waals surface area contributed by atoms with E-state index in [4.69, 9.17) is 11.6 Å². The van der Waals surface area contributed by atoms with E-state index in [1.165, 1.54) is 0 Å². The molecule has 0 N–H and O–H groups in total. The summed E-state index contributed by atoms with van der Waals surface area (Å²) in [5.74, 6) is 0. The molecule has 5 heteroatoms. The molecule has 0 aromatic carbocycles. The van der Waals surface area contributed by atoms with Gasteiger partial charge >= 0.3 is 5.43 Å². The largest absolute Gasteiger partial charge is 0.449 e. The van der Waals surface area contributed by atoms with Gasteiger partial charge in [0.25, 0.3) is 0 Å². The van der Waals surface area contributed by atoms with E-state index in [2.05, 4.69) is 9.72 Å². The Morgan fingerprint density at radius 1 is 1.67 bits per heavy atom. The average Bonchev–Trinajstić information content (AvgIpc) is 2.03. The maximum atomic E-state index is 10.1. The van der Waals surface area contributed by atoms with Crippen LogP contribution in [0.4, 0.5) is 4.79 Å².